The number of sulfonamides is 2. The van der Waals surface area contributed by atoms with Crippen molar-refractivity contribution in [2.24, 2.45) is 0 Å². The second-order valence-electron chi connectivity index (χ2n) is 9.12. The zero-order chi connectivity index (χ0) is 29.1. The summed E-state index contributed by atoms with van der Waals surface area (Å²) >= 11 is 0. The summed E-state index contributed by atoms with van der Waals surface area (Å²) in [6.07, 6.45) is 0. The third-order valence-corrected chi connectivity index (χ3v) is 9.38. The maximum absolute atomic E-state index is 12.9. The highest BCUT2D eigenvalue weighted by atomic mass is 32.2. The number of nitrogens with one attached hydrogen (secondary N) is 2. The average molecular weight is 580 g/mol. The monoisotopic (exact) mass is 579 g/mol. The SMILES string of the molecule is COc1ccc(C)cc1NS(=O)(=O)c1ccc(NC(=O)c2ccc(N(C)S(=O)(=O)c3ccc(C)cc3)cc2)cc1. The standard InChI is InChI=1S/C29H29N3O6S2/c1-20-5-14-26(15-6-20)40(36,37)32(3)24-12-8-22(9-13-24)29(33)30-23-10-16-25(17-11-23)39(34,35)31-27-19-21(2)7-18-28(27)38-4/h5-19,31H,1-4H3,(H,30,33). The normalized spacial score (nSPS) is 11.5. The van der Waals surface area contributed by atoms with Crippen molar-refractivity contribution in [1.29, 1.82) is 0 Å². The van der Waals surface area contributed by atoms with Crippen molar-refractivity contribution in [2.45, 2.75) is 23.6 Å². The topological polar surface area (TPSA) is 122 Å². The van der Waals surface area contributed by atoms with Crippen molar-refractivity contribution in [3.05, 3.63) is 108 Å². The molecule has 4 aromatic rings. The lowest BCUT2D eigenvalue weighted by molar-refractivity contribution is 0.102. The molecule has 0 radical (unpaired) electrons. The Morgan fingerprint density at radius 3 is 1.93 bits per heavy atom. The molecular weight excluding hydrogens is 550 g/mol. The van der Waals surface area contributed by atoms with Crippen LogP contribution in [0, 0.1) is 13.8 Å². The quantitative estimate of drug-likeness (QED) is 0.281. The Hall–Kier alpha value is -4.35. The van der Waals surface area contributed by atoms with Gasteiger partial charge in [-0.1, -0.05) is 23.8 Å². The van der Waals surface area contributed by atoms with E-state index in [2.05, 4.69) is 10.0 Å². The lowest BCUT2D eigenvalue weighted by Gasteiger charge is -2.20. The maximum atomic E-state index is 12.9. The van der Waals surface area contributed by atoms with Crippen LogP contribution < -0.4 is 19.1 Å². The van der Waals surface area contributed by atoms with Crippen LogP contribution in [0.3, 0.4) is 0 Å². The first-order chi connectivity index (χ1) is 18.9. The van der Waals surface area contributed by atoms with Crippen LogP contribution in [-0.4, -0.2) is 36.9 Å². The molecule has 208 valence electrons. The third-order valence-electron chi connectivity index (χ3n) is 6.19. The maximum Gasteiger partial charge on any atom is 0.264 e. The highest BCUT2D eigenvalue weighted by Crippen LogP contribution is 2.28. The molecule has 2 N–H and O–H groups in total. The first-order valence-corrected chi connectivity index (χ1v) is 15.1. The molecule has 1 amide bonds. The highest BCUT2D eigenvalue weighted by Gasteiger charge is 2.22. The van der Waals surface area contributed by atoms with Crippen molar-refractivity contribution < 1.29 is 26.4 Å². The first-order valence-electron chi connectivity index (χ1n) is 12.2. The molecule has 4 rings (SSSR count). The van der Waals surface area contributed by atoms with Gasteiger partial charge < -0.3 is 10.1 Å². The lowest BCUT2D eigenvalue weighted by atomic mass is 10.2. The molecule has 0 spiro atoms. The van der Waals surface area contributed by atoms with Gasteiger partial charge in [0.05, 0.1) is 28.3 Å². The average Bonchev–Trinajstić information content (AvgIpc) is 2.93. The zero-order valence-corrected chi connectivity index (χ0v) is 24.0. The number of amides is 1. The van der Waals surface area contributed by atoms with E-state index in [-0.39, 0.29) is 9.79 Å². The van der Waals surface area contributed by atoms with Gasteiger partial charge in [-0.25, -0.2) is 16.8 Å². The number of benzene rings is 4. The molecule has 0 fully saturated rings. The van der Waals surface area contributed by atoms with Crippen LogP contribution in [0.1, 0.15) is 21.5 Å². The van der Waals surface area contributed by atoms with E-state index >= 15 is 0 Å². The second-order valence-corrected chi connectivity index (χ2v) is 12.8. The predicted octanol–water partition coefficient (Wildman–Crippen LogP) is 5.19. The minimum absolute atomic E-state index is 0.0104. The molecule has 0 bridgehead atoms. The Bertz CT molecular complexity index is 1740. The zero-order valence-electron chi connectivity index (χ0n) is 22.4. The summed E-state index contributed by atoms with van der Waals surface area (Å²) in [6, 6.07) is 23.6. The van der Waals surface area contributed by atoms with Gasteiger partial charge in [-0.15, -0.1) is 0 Å². The molecule has 40 heavy (non-hydrogen) atoms. The van der Waals surface area contributed by atoms with E-state index in [1.807, 2.05) is 19.9 Å². The Morgan fingerprint density at radius 1 is 0.750 bits per heavy atom. The van der Waals surface area contributed by atoms with Gasteiger partial charge in [-0.2, -0.15) is 0 Å². The van der Waals surface area contributed by atoms with Gasteiger partial charge in [0, 0.05) is 18.3 Å². The number of anilines is 3. The number of hydrogen-bond donors (Lipinski definition) is 2. The third kappa shape index (κ3) is 6.27. The minimum Gasteiger partial charge on any atom is -0.495 e. The molecule has 9 nitrogen and oxygen atoms in total. The van der Waals surface area contributed by atoms with Crippen molar-refractivity contribution >= 4 is 43.0 Å². The lowest BCUT2D eigenvalue weighted by Crippen LogP contribution is -2.26. The second kappa shape index (κ2) is 11.4. The molecule has 0 heterocycles. The van der Waals surface area contributed by atoms with Crippen LogP contribution in [-0.2, 0) is 20.0 Å². The number of carbonyl (C=O) groups excluding carboxylic acids is 1. The van der Waals surface area contributed by atoms with E-state index < -0.39 is 26.0 Å². The van der Waals surface area contributed by atoms with Crippen LogP contribution in [0.15, 0.2) is 101 Å². The summed E-state index contributed by atoms with van der Waals surface area (Å²) < 4.78 is 60.6. The number of nitrogens with zero attached hydrogens (tertiary/aromatic N) is 1. The fourth-order valence-electron chi connectivity index (χ4n) is 3.86. The molecular formula is C29H29N3O6S2. The van der Waals surface area contributed by atoms with Crippen molar-refractivity contribution in [3.63, 3.8) is 0 Å². The fourth-order valence-corrected chi connectivity index (χ4v) is 6.11. The van der Waals surface area contributed by atoms with Crippen molar-refractivity contribution in [3.8, 4) is 5.75 Å². The number of carbonyl (C=O) groups is 1. The Morgan fingerprint density at radius 2 is 1.32 bits per heavy atom. The number of methoxy groups -OCH3 is 1. The molecule has 0 aromatic heterocycles. The molecule has 0 saturated heterocycles. The summed E-state index contributed by atoms with van der Waals surface area (Å²) in [4.78, 5) is 13.0. The summed E-state index contributed by atoms with van der Waals surface area (Å²) in [5.41, 5.74) is 3.22. The van der Waals surface area contributed by atoms with Crippen LogP contribution in [0.25, 0.3) is 0 Å². The van der Waals surface area contributed by atoms with E-state index in [0.717, 1.165) is 15.4 Å². The number of rotatable bonds is 9. The van der Waals surface area contributed by atoms with E-state index in [4.69, 9.17) is 4.74 Å². The molecule has 11 heteroatoms. The van der Waals surface area contributed by atoms with Gasteiger partial charge in [0.1, 0.15) is 5.75 Å². The van der Waals surface area contributed by atoms with Crippen LogP contribution in [0.2, 0.25) is 0 Å². The molecule has 0 aliphatic rings. The predicted molar refractivity (Wildman–Crippen MR) is 156 cm³/mol. The van der Waals surface area contributed by atoms with Gasteiger partial charge >= 0.3 is 0 Å². The van der Waals surface area contributed by atoms with Gasteiger partial charge in [-0.05, 0) is 92.2 Å². The smallest absolute Gasteiger partial charge is 0.264 e. The molecule has 0 unspecified atom stereocenters. The highest BCUT2D eigenvalue weighted by molar-refractivity contribution is 7.93. The van der Waals surface area contributed by atoms with Crippen molar-refractivity contribution in [1.82, 2.24) is 0 Å². The largest absolute Gasteiger partial charge is 0.495 e. The molecule has 0 aliphatic heterocycles. The fraction of sp³-hybridized carbons (Fsp3) is 0.138. The molecule has 0 saturated carbocycles. The minimum atomic E-state index is -3.90. The molecule has 4 aromatic carbocycles. The number of ether oxygens (including phenoxy) is 1. The van der Waals surface area contributed by atoms with E-state index in [1.54, 1.807) is 48.5 Å². The summed E-state index contributed by atoms with van der Waals surface area (Å²) in [7, 11) is -4.76. The van der Waals surface area contributed by atoms with Crippen molar-refractivity contribution in [2.75, 3.05) is 28.5 Å². The summed E-state index contributed by atoms with van der Waals surface area (Å²) in [5.74, 6) is -0.0446. The van der Waals surface area contributed by atoms with E-state index in [0.29, 0.717) is 28.4 Å². The van der Waals surface area contributed by atoms with Gasteiger partial charge in [-0.3, -0.25) is 13.8 Å². The van der Waals surface area contributed by atoms with Gasteiger partial charge in [0.2, 0.25) is 0 Å². The Balaban J connectivity index is 1.44. The van der Waals surface area contributed by atoms with Gasteiger partial charge in [0.25, 0.3) is 26.0 Å². The van der Waals surface area contributed by atoms with Crippen LogP contribution in [0.4, 0.5) is 17.1 Å². The van der Waals surface area contributed by atoms with Gasteiger partial charge in [0.15, 0.2) is 0 Å². The van der Waals surface area contributed by atoms with E-state index in [1.165, 1.54) is 50.6 Å². The Kier molecular flexibility index (Phi) is 8.17. The summed E-state index contributed by atoms with van der Waals surface area (Å²) in [5, 5.41) is 2.72. The van der Waals surface area contributed by atoms with E-state index in [9.17, 15) is 21.6 Å². The van der Waals surface area contributed by atoms with Crippen LogP contribution in [0.5, 0.6) is 5.75 Å². The first kappa shape index (κ1) is 28.7. The molecule has 0 aliphatic carbocycles. The molecule has 0 atom stereocenters. The summed E-state index contributed by atoms with van der Waals surface area (Å²) in [6.45, 7) is 3.72. The Labute approximate surface area is 234 Å². The number of aryl methyl sites for hydroxylation is 2. The number of hydrogen-bond acceptors (Lipinski definition) is 6. The van der Waals surface area contributed by atoms with Crippen LogP contribution >= 0.6 is 0 Å².